The van der Waals surface area contributed by atoms with Gasteiger partial charge in [-0.3, -0.25) is 0 Å². The summed E-state index contributed by atoms with van der Waals surface area (Å²) in [7, 11) is 0. The summed E-state index contributed by atoms with van der Waals surface area (Å²) < 4.78 is 5.28. The van der Waals surface area contributed by atoms with Crippen LogP contribution >= 0.6 is 0 Å². The second-order valence-corrected chi connectivity index (χ2v) is 3.50. The molecule has 1 rings (SSSR count). The SMILES string of the molecule is CCOCCc1nc(CC)c(C)c(NN)n1. The monoisotopic (exact) mass is 224 g/mol. The first-order chi connectivity index (χ1) is 7.72. The molecule has 0 fully saturated rings. The van der Waals surface area contributed by atoms with Gasteiger partial charge in [0.25, 0.3) is 0 Å². The predicted molar refractivity (Wildman–Crippen MR) is 64.2 cm³/mol. The van der Waals surface area contributed by atoms with E-state index in [1.165, 1.54) is 0 Å². The van der Waals surface area contributed by atoms with Crippen molar-refractivity contribution in [3.63, 3.8) is 0 Å². The lowest BCUT2D eigenvalue weighted by Crippen LogP contribution is -2.15. The van der Waals surface area contributed by atoms with Gasteiger partial charge in [0.2, 0.25) is 0 Å². The number of hydrogen-bond donors (Lipinski definition) is 2. The van der Waals surface area contributed by atoms with E-state index < -0.39 is 0 Å². The van der Waals surface area contributed by atoms with Crippen molar-refractivity contribution in [3.8, 4) is 0 Å². The average molecular weight is 224 g/mol. The van der Waals surface area contributed by atoms with Crippen LogP contribution in [0.15, 0.2) is 0 Å². The molecular formula is C11H20N4O. The normalized spacial score (nSPS) is 10.5. The van der Waals surface area contributed by atoms with Gasteiger partial charge in [-0.2, -0.15) is 0 Å². The second kappa shape index (κ2) is 6.40. The van der Waals surface area contributed by atoms with E-state index in [1.807, 2.05) is 13.8 Å². The van der Waals surface area contributed by atoms with E-state index >= 15 is 0 Å². The number of rotatable bonds is 6. The maximum absolute atomic E-state index is 5.43. The molecule has 0 aliphatic rings. The molecule has 0 unspecified atom stereocenters. The summed E-state index contributed by atoms with van der Waals surface area (Å²) in [6.07, 6.45) is 1.60. The Balaban J connectivity index is 2.84. The molecule has 0 saturated heterocycles. The highest BCUT2D eigenvalue weighted by Crippen LogP contribution is 2.15. The molecule has 90 valence electrons. The molecule has 1 aromatic rings. The lowest BCUT2D eigenvalue weighted by Gasteiger charge is -2.10. The van der Waals surface area contributed by atoms with Crippen molar-refractivity contribution in [2.75, 3.05) is 18.6 Å². The van der Waals surface area contributed by atoms with Crippen LogP contribution in [0.1, 0.15) is 30.9 Å². The quantitative estimate of drug-likeness (QED) is 0.431. The van der Waals surface area contributed by atoms with Gasteiger partial charge in [0.05, 0.1) is 6.61 Å². The minimum absolute atomic E-state index is 0.646. The van der Waals surface area contributed by atoms with Crippen molar-refractivity contribution in [2.24, 2.45) is 5.84 Å². The summed E-state index contributed by atoms with van der Waals surface area (Å²) in [6, 6.07) is 0. The van der Waals surface area contributed by atoms with Gasteiger partial charge in [-0.15, -0.1) is 0 Å². The van der Waals surface area contributed by atoms with Crippen molar-refractivity contribution in [3.05, 3.63) is 17.1 Å². The lowest BCUT2D eigenvalue weighted by molar-refractivity contribution is 0.149. The number of aryl methyl sites for hydroxylation is 1. The Kier molecular flexibility index (Phi) is 5.14. The van der Waals surface area contributed by atoms with E-state index in [2.05, 4.69) is 22.3 Å². The van der Waals surface area contributed by atoms with Crippen LogP contribution in [0, 0.1) is 6.92 Å². The summed E-state index contributed by atoms with van der Waals surface area (Å²) in [5.41, 5.74) is 4.66. The first-order valence-corrected chi connectivity index (χ1v) is 5.63. The van der Waals surface area contributed by atoms with Gasteiger partial charge in [0.15, 0.2) is 0 Å². The summed E-state index contributed by atoms with van der Waals surface area (Å²) in [6.45, 7) is 7.38. The van der Waals surface area contributed by atoms with Crippen LogP contribution in [-0.4, -0.2) is 23.2 Å². The zero-order valence-electron chi connectivity index (χ0n) is 10.2. The van der Waals surface area contributed by atoms with Crippen molar-refractivity contribution >= 4 is 5.82 Å². The largest absolute Gasteiger partial charge is 0.381 e. The van der Waals surface area contributed by atoms with Gasteiger partial charge in [0, 0.05) is 24.3 Å². The maximum Gasteiger partial charge on any atom is 0.146 e. The molecule has 1 heterocycles. The molecule has 1 aromatic heterocycles. The van der Waals surface area contributed by atoms with Gasteiger partial charge < -0.3 is 10.2 Å². The third-order valence-corrected chi connectivity index (χ3v) is 2.44. The van der Waals surface area contributed by atoms with Crippen LogP contribution < -0.4 is 11.3 Å². The Morgan fingerprint density at radius 1 is 1.31 bits per heavy atom. The smallest absolute Gasteiger partial charge is 0.146 e. The third kappa shape index (κ3) is 3.15. The van der Waals surface area contributed by atoms with Crippen LogP contribution in [0.25, 0.3) is 0 Å². The third-order valence-electron chi connectivity index (χ3n) is 2.44. The molecule has 0 saturated carbocycles. The fourth-order valence-electron chi connectivity index (χ4n) is 1.52. The fourth-order valence-corrected chi connectivity index (χ4v) is 1.52. The van der Waals surface area contributed by atoms with E-state index in [4.69, 9.17) is 10.6 Å². The Morgan fingerprint density at radius 3 is 2.62 bits per heavy atom. The van der Waals surface area contributed by atoms with Crippen molar-refractivity contribution < 1.29 is 4.74 Å². The standard InChI is InChI=1S/C11H20N4O/c1-4-9-8(3)11(15-12)14-10(13-9)6-7-16-5-2/h4-7,12H2,1-3H3,(H,13,14,15). The zero-order valence-corrected chi connectivity index (χ0v) is 10.2. The Labute approximate surface area is 96.4 Å². The van der Waals surface area contributed by atoms with Crippen molar-refractivity contribution in [2.45, 2.75) is 33.6 Å². The Hall–Kier alpha value is -1.20. The molecule has 3 N–H and O–H groups in total. The van der Waals surface area contributed by atoms with Crippen LogP contribution in [0.2, 0.25) is 0 Å². The molecule has 0 aliphatic carbocycles. The highest BCUT2D eigenvalue weighted by molar-refractivity contribution is 5.44. The molecule has 0 aliphatic heterocycles. The molecule has 0 spiro atoms. The zero-order chi connectivity index (χ0) is 12.0. The molecule has 0 bridgehead atoms. The number of nitrogens with two attached hydrogens (primary N) is 1. The average Bonchev–Trinajstić information content (AvgIpc) is 2.31. The highest BCUT2D eigenvalue weighted by Gasteiger charge is 2.08. The van der Waals surface area contributed by atoms with Gasteiger partial charge in [-0.1, -0.05) is 6.92 Å². The first-order valence-electron chi connectivity index (χ1n) is 5.63. The summed E-state index contributed by atoms with van der Waals surface area (Å²) in [4.78, 5) is 8.83. The fraction of sp³-hybridized carbons (Fsp3) is 0.636. The number of aromatic nitrogens is 2. The number of nitrogens with zero attached hydrogens (tertiary/aromatic N) is 2. The molecule has 0 atom stereocenters. The summed E-state index contributed by atoms with van der Waals surface area (Å²) >= 11 is 0. The lowest BCUT2D eigenvalue weighted by atomic mass is 10.2. The molecule has 0 amide bonds. The molecule has 5 heteroatoms. The first kappa shape index (κ1) is 12.9. The number of nitrogens with one attached hydrogen (secondary N) is 1. The molecule has 0 radical (unpaired) electrons. The minimum atomic E-state index is 0.646. The van der Waals surface area contributed by atoms with Gasteiger partial charge in [0.1, 0.15) is 11.6 Å². The van der Waals surface area contributed by atoms with E-state index in [1.54, 1.807) is 0 Å². The summed E-state index contributed by atoms with van der Waals surface area (Å²) in [5, 5.41) is 0. The van der Waals surface area contributed by atoms with Crippen LogP contribution in [-0.2, 0) is 17.6 Å². The van der Waals surface area contributed by atoms with Gasteiger partial charge in [-0.05, 0) is 20.3 Å². The Bertz CT molecular complexity index is 316. The summed E-state index contributed by atoms with van der Waals surface area (Å²) in [5.74, 6) is 6.91. The van der Waals surface area contributed by atoms with E-state index in [0.717, 1.165) is 29.9 Å². The minimum Gasteiger partial charge on any atom is -0.381 e. The number of hydrazine groups is 1. The molecular weight excluding hydrogens is 204 g/mol. The molecule has 16 heavy (non-hydrogen) atoms. The number of nitrogen functional groups attached to an aromatic ring is 1. The van der Waals surface area contributed by atoms with Crippen molar-refractivity contribution in [1.29, 1.82) is 0 Å². The highest BCUT2D eigenvalue weighted by atomic mass is 16.5. The van der Waals surface area contributed by atoms with Crippen LogP contribution in [0.5, 0.6) is 0 Å². The van der Waals surface area contributed by atoms with E-state index in [9.17, 15) is 0 Å². The number of hydrogen-bond acceptors (Lipinski definition) is 5. The Morgan fingerprint density at radius 2 is 2.06 bits per heavy atom. The predicted octanol–water partition coefficient (Wildman–Crippen LogP) is 1.21. The van der Waals surface area contributed by atoms with Crippen LogP contribution in [0.4, 0.5) is 5.82 Å². The topological polar surface area (TPSA) is 73.1 Å². The van der Waals surface area contributed by atoms with Gasteiger partial charge >= 0.3 is 0 Å². The molecule has 5 nitrogen and oxygen atoms in total. The van der Waals surface area contributed by atoms with Gasteiger partial charge in [-0.25, -0.2) is 15.8 Å². The number of anilines is 1. The second-order valence-electron chi connectivity index (χ2n) is 3.50. The molecule has 0 aromatic carbocycles. The maximum atomic E-state index is 5.43. The van der Waals surface area contributed by atoms with Crippen LogP contribution in [0.3, 0.4) is 0 Å². The van der Waals surface area contributed by atoms with Crippen molar-refractivity contribution in [1.82, 2.24) is 9.97 Å². The number of ether oxygens (including phenoxy) is 1. The van der Waals surface area contributed by atoms with E-state index in [-0.39, 0.29) is 0 Å². The van der Waals surface area contributed by atoms with E-state index in [0.29, 0.717) is 19.0 Å².